The number of nitrogens with two attached hydrogens (primary N) is 1. The van der Waals surface area contributed by atoms with E-state index in [4.69, 9.17) is 10.5 Å². The van der Waals surface area contributed by atoms with Crippen LogP contribution in [0.1, 0.15) is 42.6 Å². The summed E-state index contributed by atoms with van der Waals surface area (Å²) >= 11 is 0. The van der Waals surface area contributed by atoms with Gasteiger partial charge < -0.3 is 10.5 Å². The van der Waals surface area contributed by atoms with Crippen molar-refractivity contribution < 1.29 is 4.74 Å². The fourth-order valence-corrected chi connectivity index (χ4v) is 2.41. The molecule has 1 heterocycles. The monoisotopic (exact) mass is 245 g/mol. The molecule has 0 unspecified atom stereocenters. The lowest BCUT2D eigenvalue weighted by Gasteiger charge is -2.27. The molecule has 18 heavy (non-hydrogen) atoms. The highest BCUT2D eigenvalue weighted by molar-refractivity contribution is 5.46. The van der Waals surface area contributed by atoms with Gasteiger partial charge in [-0.1, -0.05) is 0 Å². The fraction of sp³-hybridized carbons (Fsp3) is 0.571. The molecule has 0 atom stereocenters. The van der Waals surface area contributed by atoms with E-state index in [1.807, 2.05) is 19.9 Å². The number of nitriles is 1. The van der Waals surface area contributed by atoms with Gasteiger partial charge in [0.25, 0.3) is 0 Å². The van der Waals surface area contributed by atoms with E-state index in [-0.39, 0.29) is 6.10 Å². The third kappa shape index (κ3) is 2.80. The fourth-order valence-electron chi connectivity index (χ4n) is 2.41. The third-order valence-corrected chi connectivity index (χ3v) is 3.42. The van der Waals surface area contributed by atoms with E-state index in [0.29, 0.717) is 17.4 Å². The van der Waals surface area contributed by atoms with E-state index in [1.54, 1.807) is 0 Å². The van der Waals surface area contributed by atoms with Crippen molar-refractivity contribution in [2.24, 2.45) is 5.73 Å². The zero-order valence-corrected chi connectivity index (χ0v) is 10.9. The quantitative estimate of drug-likeness (QED) is 0.867. The Bertz CT molecular complexity index is 471. The summed E-state index contributed by atoms with van der Waals surface area (Å²) in [5.41, 5.74) is 8.05. The summed E-state index contributed by atoms with van der Waals surface area (Å²) in [7, 11) is 0. The van der Waals surface area contributed by atoms with E-state index in [1.165, 1.54) is 0 Å². The van der Waals surface area contributed by atoms with Crippen LogP contribution in [-0.4, -0.2) is 17.1 Å². The van der Waals surface area contributed by atoms with Crippen molar-refractivity contribution >= 4 is 0 Å². The highest BCUT2D eigenvalue weighted by atomic mass is 16.5. The van der Waals surface area contributed by atoms with Gasteiger partial charge in [0, 0.05) is 17.8 Å². The van der Waals surface area contributed by atoms with Crippen LogP contribution in [0.4, 0.5) is 0 Å². The molecule has 0 aliphatic heterocycles. The van der Waals surface area contributed by atoms with E-state index >= 15 is 0 Å². The largest absolute Gasteiger partial charge is 0.489 e. The summed E-state index contributed by atoms with van der Waals surface area (Å²) < 4.78 is 5.97. The van der Waals surface area contributed by atoms with Crippen LogP contribution in [0.15, 0.2) is 6.07 Å². The van der Waals surface area contributed by atoms with Crippen LogP contribution < -0.4 is 10.5 Å². The second kappa shape index (κ2) is 5.36. The molecule has 1 fully saturated rings. The Hall–Kier alpha value is -1.60. The average molecular weight is 245 g/mol. The van der Waals surface area contributed by atoms with Gasteiger partial charge >= 0.3 is 0 Å². The molecule has 2 N–H and O–H groups in total. The van der Waals surface area contributed by atoms with E-state index < -0.39 is 0 Å². The van der Waals surface area contributed by atoms with E-state index in [0.717, 1.165) is 37.1 Å². The predicted molar refractivity (Wildman–Crippen MR) is 69.3 cm³/mol. The molecule has 2 rings (SSSR count). The number of hydrogen-bond donors (Lipinski definition) is 1. The second-order valence-electron chi connectivity index (χ2n) is 4.99. The second-order valence-corrected chi connectivity index (χ2v) is 4.99. The van der Waals surface area contributed by atoms with Gasteiger partial charge in [-0.15, -0.1) is 0 Å². The lowest BCUT2D eigenvalue weighted by atomic mass is 9.93. The van der Waals surface area contributed by atoms with Crippen LogP contribution in [0.3, 0.4) is 0 Å². The Morgan fingerprint density at radius 2 is 2.00 bits per heavy atom. The van der Waals surface area contributed by atoms with Gasteiger partial charge in [-0.05, 0) is 39.5 Å². The van der Waals surface area contributed by atoms with E-state index in [2.05, 4.69) is 11.1 Å². The molecule has 96 valence electrons. The molecular weight excluding hydrogens is 226 g/mol. The summed E-state index contributed by atoms with van der Waals surface area (Å²) in [5.74, 6) is 0.669. The minimum atomic E-state index is 0.179. The Balaban J connectivity index is 2.16. The first-order valence-electron chi connectivity index (χ1n) is 6.40. The number of ether oxygens (including phenoxy) is 1. The molecule has 1 aliphatic rings. The van der Waals surface area contributed by atoms with E-state index in [9.17, 15) is 5.26 Å². The van der Waals surface area contributed by atoms with Gasteiger partial charge in [0.2, 0.25) is 0 Å². The smallest absolute Gasteiger partial charge is 0.141 e. The number of aryl methyl sites for hydroxylation is 2. The van der Waals surface area contributed by atoms with Gasteiger partial charge in [-0.2, -0.15) is 5.26 Å². The lowest BCUT2D eigenvalue weighted by Crippen LogP contribution is -2.31. The van der Waals surface area contributed by atoms with Crippen LogP contribution in [-0.2, 0) is 0 Å². The van der Waals surface area contributed by atoms with Crippen molar-refractivity contribution in [3.63, 3.8) is 0 Å². The van der Waals surface area contributed by atoms with Gasteiger partial charge in [0.05, 0.1) is 11.8 Å². The predicted octanol–water partition coefficient (Wildman–Crippen LogP) is 2.22. The summed E-state index contributed by atoms with van der Waals surface area (Å²) in [6.45, 7) is 3.76. The van der Waals surface area contributed by atoms with Gasteiger partial charge in [0.15, 0.2) is 0 Å². The number of aromatic nitrogens is 1. The number of rotatable bonds is 2. The maximum atomic E-state index is 9.17. The maximum absolute atomic E-state index is 9.17. The van der Waals surface area contributed by atoms with Crippen molar-refractivity contribution in [3.05, 3.63) is 23.0 Å². The number of nitrogens with zero attached hydrogens (tertiary/aromatic N) is 2. The van der Waals surface area contributed by atoms with Crippen molar-refractivity contribution in [2.75, 3.05) is 0 Å². The SMILES string of the molecule is Cc1cc(OC2CCC(N)CC2)c(C#N)c(C)n1. The normalized spacial score (nSPS) is 23.4. The summed E-state index contributed by atoms with van der Waals surface area (Å²) in [6, 6.07) is 4.33. The highest BCUT2D eigenvalue weighted by Crippen LogP contribution is 2.27. The molecule has 4 nitrogen and oxygen atoms in total. The molecular formula is C14H19N3O. The maximum Gasteiger partial charge on any atom is 0.141 e. The summed E-state index contributed by atoms with van der Waals surface area (Å²) in [5, 5.41) is 9.17. The van der Waals surface area contributed by atoms with Crippen molar-refractivity contribution in [1.82, 2.24) is 4.98 Å². The van der Waals surface area contributed by atoms with Crippen LogP contribution in [0.5, 0.6) is 5.75 Å². The minimum Gasteiger partial charge on any atom is -0.489 e. The van der Waals surface area contributed by atoms with Crippen LogP contribution in [0.25, 0.3) is 0 Å². The first kappa shape index (κ1) is 12.8. The van der Waals surface area contributed by atoms with Gasteiger partial charge in [0.1, 0.15) is 17.4 Å². The van der Waals surface area contributed by atoms with Crippen molar-refractivity contribution in [1.29, 1.82) is 5.26 Å². The number of hydrogen-bond acceptors (Lipinski definition) is 4. The molecule has 4 heteroatoms. The molecule has 1 saturated carbocycles. The molecule has 0 amide bonds. The molecule has 0 aromatic carbocycles. The molecule has 1 aromatic heterocycles. The molecule has 1 aromatic rings. The number of pyridine rings is 1. The minimum absolute atomic E-state index is 0.179. The van der Waals surface area contributed by atoms with Crippen LogP contribution in [0.2, 0.25) is 0 Å². The summed E-state index contributed by atoms with van der Waals surface area (Å²) in [6.07, 6.45) is 4.10. The van der Waals surface area contributed by atoms with Crippen molar-refractivity contribution in [3.8, 4) is 11.8 Å². The first-order valence-corrected chi connectivity index (χ1v) is 6.40. The topological polar surface area (TPSA) is 71.9 Å². The zero-order chi connectivity index (χ0) is 13.1. The Morgan fingerprint density at radius 3 is 2.61 bits per heavy atom. The Labute approximate surface area is 108 Å². The van der Waals surface area contributed by atoms with Crippen LogP contribution in [0, 0.1) is 25.2 Å². The molecule has 1 aliphatic carbocycles. The standard InChI is InChI=1S/C14H19N3O/c1-9-7-14(13(8-15)10(2)17-9)18-12-5-3-11(16)4-6-12/h7,11-12H,3-6,16H2,1-2H3. The van der Waals surface area contributed by atoms with Gasteiger partial charge in [-0.3, -0.25) is 4.98 Å². The third-order valence-electron chi connectivity index (χ3n) is 3.42. The highest BCUT2D eigenvalue weighted by Gasteiger charge is 2.21. The summed E-state index contributed by atoms with van der Waals surface area (Å²) in [4.78, 5) is 4.29. The van der Waals surface area contributed by atoms with Crippen molar-refractivity contribution in [2.45, 2.75) is 51.7 Å². The molecule has 0 bridgehead atoms. The van der Waals surface area contributed by atoms with Crippen LogP contribution >= 0.6 is 0 Å². The Kier molecular flexibility index (Phi) is 3.83. The lowest BCUT2D eigenvalue weighted by molar-refractivity contribution is 0.146. The average Bonchev–Trinajstić information content (AvgIpc) is 2.32. The molecule has 0 radical (unpaired) electrons. The molecule has 0 saturated heterocycles. The molecule has 0 spiro atoms. The zero-order valence-electron chi connectivity index (χ0n) is 10.9. The Morgan fingerprint density at radius 1 is 1.33 bits per heavy atom. The van der Waals surface area contributed by atoms with Gasteiger partial charge in [-0.25, -0.2) is 0 Å². The first-order chi connectivity index (χ1) is 8.60.